The molecule has 3 nitrogen and oxygen atoms in total. The number of nitrogens with one attached hydrogen (secondary N) is 1. The number of pyridine rings is 1. The third-order valence-electron chi connectivity index (χ3n) is 4.99. The van der Waals surface area contributed by atoms with Crippen LogP contribution in [0.1, 0.15) is 50.8 Å². The zero-order valence-electron chi connectivity index (χ0n) is 12.3. The summed E-state index contributed by atoms with van der Waals surface area (Å²) in [6, 6.07) is 5.64. The second kappa shape index (κ2) is 5.78. The van der Waals surface area contributed by atoms with E-state index in [1.165, 1.54) is 37.9 Å². The zero-order chi connectivity index (χ0) is 14.1. The van der Waals surface area contributed by atoms with E-state index in [1.807, 2.05) is 6.07 Å². The standard InChI is InChI=1S/C16H24FN3/c1-3-16(15-7-4-11(17)10-18-15)20(2)14-8-12-5-6-13(9-14)19-12/h4,7,10,12-14,16,19H,3,5-6,8-9H2,1-2H3. The Balaban J connectivity index is 1.73. The van der Waals surface area contributed by atoms with Gasteiger partial charge < -0.3 is 5.32 Å². The lowest BCUT2D eigenvalue weighted by Gasteiger charge is -2.39. The molecule has 2 saturated heterocycles. The number of fused-ring (bicyclic) bond motifs is 2. The molecule has 110 valence electrons. The summed E-state index contributed by atoms with van der Waals surface area (Å²) in [6.07, 6.45) is 7.43. The van der Waals surface area contributed by atoms with Crippen LogP contribution < -0.4 is 5.32 Å². The number of nitrogens with zero attached hydrogens (tertiary/aromatic N) is 2. The highest BCUT2D eigenvalue weighted by Gasteiger charge is 2.36. The van der Waals surface area contributed by atoms with E-state index in [9.17, 15) is 4.39 Å². The zero-order valence-corrected chi connectivity index (χ0v) is 12.3. The molecular formula is C16H24FN3. The van der Waals surface area contributed by atoms with Crippen LogP contribution in [0.4, 0.5) is 4.39 Å². The number of halogens is 1. The molecule has 0 radical (unpaired) electrons. The normalized spacial score (nSPS) is 30.7. The van der Waals surface area contributed by atoms with Crippen molar-refractivity contribution in [1.29, 1.82) is 0 Å². The Morgan fingerprint density at radius 1 is 1.35 bits per heavy atom. The SMILES string of the molecule is CCC(c1ccc(F)cn1)N(C)C1CC2CCC(C1)N2. The van der Waals surface area contributed by atoms with Crippen molar-refractivity contribution < 1.29 is 4.39 Å². The van der Waals surface area contributed by atoms with Crippen LogP contribution in [-0.4, -0.2) is 35.1 Å². The van der Waals surface area contributed by atoms with Gasteiger partial charge >= 0.3 is 0 Å². The summed E-state index contributed by atoms with van der Waals surface area (Å²) in [5.41, 5.74) is 0.988. The Bertz CT molecular complexity index is 436. The molecule has 3 atom stereocenters. The molecule has 0 spiro atoms. The van der Waals surface area contributed by atoms with Gasteiger partial charge in [-0.2, -0.15) is 0 Å². The van der Waals surface area contributed by atoms with Crippen LogP contribution in [0, 0.1) is 5.82 Å². The Morgan fingerprint density at radius 3 is 2.60 bits per heavy atom. The van der Waals surface area contributed by atoms with Crippen LogP contribution in [0.15, 0.2) is 18.3 Å². The quantitative estimate of drug-likeness (QED) is 0.917. The van der Waals surface area contributed by atoms with E-state index in [4.69, 9.17) is 0 Å². The van der Waals surface area contributed by atoms with Gasteiger partial charge in [-0.15, -0.1) is 0 Å². The molecule has 0 saturated carbocycles. The molecule has 1 N–H and O–H groups in total. The number of aromatic nitrogens is 1. The minimum Gasteiger partial charge on any atom is -0.311 e. The Morgan fingerprint density at radius 2 is 2.05 bits per heavy atom. The lowest BCUT2D eigenvalue weighted by molar-refractivity contribution is 0.119. The molecule has 2 aliphatic rings. The summed E-state index contributed by atoms with van der Waals surface area (Å²) in [5.74, 6) is -0.258. The summed E-state index contributed by atoms with van der Waals surface area (Å²) in [7, 11) is 2.20. The van der Waals surface area contributed by atoms with E-state index in [2.05, 4.69) is 29.2 Å². The fourth-order valence-electron chi connectivity index (χ4n) is 3.90. The molecule has 0 aromatic carbocycles. The van der Waals surface area contributed by atoms with Crippen molar-refractivity contribution >= 4 is 0 Å². The molecule has 3 heterocycles. The molecular weight excluding hydrogens is 253 g/mol. The topological polar surface area (TPSA) is 28.2 Å². The second-order valence-corrected chi connectivity index (χ2v) is 6.25. The minimum atomic E-state index is -0.258. The third-order valence-corrected chi connectivity index (χ3v) is 4.99. The predicted molar refractivity (Wildman–Crippen MR) is 78.0 cm³/mol. The van der Waals surface area contributed by atoms with Crippen molar-refractivity contribution in [2.45, 2.75) is 63.2 Å². The fourth-order valence-corrected chi connectivity index (χ4v) is 3.90. The molecule has 4 heteroatoms. The first-order valence-electron chi connectivity index (χ1n) is 7.76. The second-order valence-electron chi connectivity index (χ2n) is 6.25. The van der Waals surface area contributed by atoms with Crippen molar-refractivity contribution in [1.82, 2.24) is 15.2 Å². The van der Waals surface area contributed by atoms with Gasteiger partial charge in [-0.25, -0.2) is 4.39 Å². The molecule has 1 aromatic heterocycles. The van der Waals surface area contributed by atoms with Gasteiger partial charge in [0.15, 0.2) is 0 Å². The maximum absolute atomic E-state index is 13.0. The molecule has 3 unspecified atom stereocenters. The summed E-state index contributed by atoms with van der Waals surface area (Å²) in [6.45, 7) is 2.18. The third kappa shape index (κ3) is 2.72. The van der Waals surface area contributed by atoms with Gasteiger partial charge in [0, 0.05) is 18.1 Å². The van der Waals surface area contributed by atoms with Crippen LogP contribution in [0.25, 0.3) is 0 Å². The van der Waals surface area contributed by atoms with Gasteiger partial charge in [0.05, 0.1) is 17.9 Å². The van der Waals surface area contributed by atoms with Crippen molar-refractivity contribution in [3.05, 3.63) is 29.8 Å². The number of hydrogen-bond donors (Lipinski definition) is 1. The first-order valence-corrected chi connectivity index (χ1v) is 7.76. The van der Waals surface area contributed by atoms with E-state index < -0.39 is 0 Å². The van der Waals surface area contributed by atoms with Crippen molar-refractivity contribution in [2.24, 2.45) is 0 Å². The van der Waals surface area contributed by atoms with E-state index in [1.54, 1.807) is 0 Å². The average Bonchev–Trinajstić information content (AvgIpc) is 2.80. The maximum atomic E-state index is 13.0. The van der Waals surface area contributed by atoms with Crippen molar-refractivity contribution in [3.63, 3.8) is 0 Å². The summed E-state index contributed by atoms with van der Waals surface area (Å²) < 4.78 is 13.0. The molecule has 0 amide bonds. The predicted octanol–water partition coefficient (Wildman–Crippen LogP) is 2.89. The van der Waals surface area contributed by atoms with Crippen LogP contribution in [-0.2, 0) is 0 Å². The van der Waals surface area contributed by atoms with Crippen molar-refractivity contribution in [3.8, 4) is 0 Å². The summed E-state index contributed by atoms with van der Waals surface area (Å²) in [5, 5.41) is 3.69. The molecule has 1 aromatic rings. The van der Waals surface area contributed by atoms with Gasteiger partial charge in [0.1, 0.15) is 5.82 Å². The smallest absolute Gasteiger partial charge is 0.141 e. The first kappa shape index (κ1) is 14.0. The minimum absolute atomic E-state index is 0.258. The lowest BCUT2D eigenvalue weighted by Crippen LogP contribution is -2.48. The maximum Gasteiger partial charge on any atom is 0.141 e. The number of hydrogen-bond acceptors (Lipinski definition) is 3. The van der Waals surface area contributed by atoms with Gasteiger partial charge in [0.25, 0.3) is 0 Å². The fraction of sp³-hybridized carbons (Fsp3) is 0.688. The average molecular weight is 277 g/mol. The van der Waals surface area contributed by atoms with Gasteiger partial charge in [-0.05, 0) is 51.3 Å². The van der Waals surface area contributed by atoms with E-state index in [0.717, 1.165) is 12.1 Å². The molecule has 2 fully saturated rings. The Labute approximate surface area is 120 Å². The molecule has 0 aliphatic carbocycles. The summed E-state index contributed by atoms with van der Waals surface area (Å²) in [4.78, 5) is 6.75. The van der Waals surface area contributed by atoms with Crippen molar-refractivity contribution in [2.75, 3.05) is 7.05 Å². The number of piperidine rings is 1. The van der Waals surface area contributed by atoms with Crippen LogP contribution >= 0.6 is 0 Å². The van der Waals surface area contributed by atoms with Crippen LogP contribution in [0.5, 0.6) is 0 Å². The highest BCUT2D eigenvalue weighted by atomic mass is 19.1. The van der Waals surface area contributed by atoms with Crippen LogP contribution in [0.2, 0.25) is 0 Å². The molecule has 3 rings (SSSR count). The van der Waals surface area contributed by atoms with E-state index >= 15 is 0 Å². The highest BCUT2D eigenvalue weighted by molar-refractivity contribution is 5.11. The number of rotatable bonds is 4. The monoisotopic (exact) mass is 277 g/mol. The largest absolute Gasteiger partial charge is 0.311 e. The molecule has 2 bridgehead atoms. The van der Waals surface area contributed by atoms with Crippen LogP contribution in [0.3, 0.4) is 0 Å². The van der Waals surface area contributed by atoms with E-state index in [0.29, 0.717) is 18.1 Å². The summed E-state index contributed by atoms with van der Waals surface area (Å²) >= 11 is 0. The highest BCUT2D eigenvalue weighted by Crippen LogP contribution is 2.33. The lowest BCUT2D eigenvalue weighted by atomic mass is 9.96. The van der Waals surface area contributed by atoms with Gasteiger partial charge in [0.2, 0.25) is 0 Å². The molecule has 2 aliphatic heterocycles. The first-order chi connectivity index (χ1) is 9.67. The van der Waals surface area contributed by atoms with Gasteiger partial charge in [-0.1, -0.05) is 6.92 Å². The Kier molecular flexibility index (Phi) is 4.03. The Hall–Kier alpha value is -1.00. The van der Waals surface area contributed by atoms with Gasteiger partial charge in [-0.3, -0.25) is 9.88 Å². The van der Waals surface area contributed by atoms with E-state index in [-0.39, 0.29) is 11.9 Å². The molecule has 20 heavy (non-hydrogen) atoms.